The van der Waals surface area contributed by atoms with E-state index in [9.17, 15) is 4.39 Å². The van der Waals surface area contributed by atoms with Gasteiger partial charge in [0.15, 0.2) is 5.13 Å². The fraction of sp³-hybridized carbons (Fsp3) is 0. The van der Waals surface area contributed by atoms with E-state index in [4.69, 9.17) is 5.73 Å². The van der Waals surface area contributed by atoms with Crippen molar-refractivity contribution in [2.45, 2.75) is 0 Å². The minimum atomic E-state index is -0.238. The van der Waals surface area contributed by atoms with E-state index in [1.165, 1.54) is 34.8 Å². The van der Waals surface area contributed by atoms with Crippen molar-refractivity contribution in [3.63, 3.8) is 0 Å². The predicted molar refractivity (Wildman–Crippen MR) is 82.6 cm³/mol. The largest absolute Gasteiger partial charge is 0.375 e. The number of anilines is 1. The average Bonchev–Trinajstić information content (AvgIpc) is 2.99. The molecule has 0 aliphatic carbocycles. The minimum absolute atomic E-state index is 0.238. The average molecular weight is 301 g/mol. The third-order valence-corrected chi connectivity index (χ3v) is 4.92. The van der Waals surface area contributed by atoms with Gasteiger partial charge >= 0.3 is 0 Å². The number of benzene rings is 2. The van der Waals surface area contributed by atoms with Crippen molar-refractivity contribution in [1.29, 1.82) is 0 Å². The Balaban J connectivity index is 1.90. The standard InChI is InChI=1S/C14H8FN3S2/c15-8-2-4-9-12(6-8)19-13(17-9)7-1-3-10-11(5-7)20-14(16)18-10/h1-6H,(H2,16,18). The van der Waals surface area contributed by atoms with Gasteiger partial charge in [-0.2, -0.15) is 0 Å². The molecular formula is C14H8FN3S2. The van der Waals surface area contributed by atoms with E-state index in [0.717, 1.165) is 31.0 Å². The van der Waals surface area contributed by atoms with Crippen LogP contribution in [0.4, 0.5) is 9.52 Å². The van der Waals surface area contributed by atoms with Crippen LogP contribution in [-0.2, 0) is 0 Å². The van der Waals surface area contributed by atoms with Crippen LogP contribution in [0.2, 0.25) is 0 Å². The van der Waals surface area contributed by atoms with E-state index >= 15 is 0 Å². The van der Waals surface area contributed by atoms with Gasteiger partial charge in [-0.05, 0) is 36.4 Å². The number of thiazole rings is 2. The van der Waals surface area contributed by atoms with Gasteiger partial charge < -0.3 is 5.73 Å². The van der Waals surface area contributed by atoms with Crippen molar-refractivity contribution in [3.05, 3.63) is 42.2 Å². The van der Waals surface area contributed by atoms with Gasteiger partial charge in [0.1, 0.15) is 10.8 Å². The monoisotopic (exact) mass is 301 g/mol. The van der Waals surface area contributed by atoms with Gasteiger partial charge in [-0.25, -0.2) is 14.4 Å². The summed E-state index contributed by atoms with van der Waals surface area (Å²) in [4.78, 5) is 8.77. The maximum Gasteiger partial charge on any atom is 0.181 e. The lowest BCUT2D eigenvalue weighted by Gasteiger charge is -1.94. The van der Waals surface area contributed by atoms with Gasteiger partial charge in [0.25, 0.3) is 0 Å². The Morgan fingerprint density at radius 1 is 0.900 bits per heavy atom. The van der Waals surface area contributed by atoms with Crippen LogP contribution < -0.4 is 5.73 Å². The predicted octanol–water partition coefficient (Wildman–Crippen LogP) is 4.29. The van der Waals surface area contributed by atoms with Crippen LogP contribution in [0, 0.1) is 5.82 Å². The number of nitrogens with zero attached hydrogens (tertiary/aromatic N) is 2. The molecule has 0 saturated carbocycles. The number of nitrogen functional groups attached to an aromatic ring is 1. The molecule has 0 unspecified atom stereocenters. The Morgan fingerprint density at radius 2 is 1.65 bits per heavy atom. The molecule has 0 bridgehead atoms. The van der Waals surface area contributed by atoms with Crippen molar-refractivity contribution in [2.24, 2.45) is 0 Å². The van der Waals surface area contributed by atoms with E-state index in [-0.39, 0.29) is 5.82 Å². The molecule has 0 spiro atoms. The van der Waals surface area contributed by atoms with Crippen molar-refractivity contribution in [2.75, 3.05) is 5.73 Å². The van der Waals surface area contributed by atoms with Crippen LogP contribution in [-0.4, -0.2) is 9.97 Å². The Bertz CT molecular complexity index is 942. The van der Waals surface area contributed by atoms with Crippen LogP contribution in [0.25, 0.3) is 31.0 Å². The molecule has 0 fully saturated rings. The lowest BCUT2D eigenvalue weighted by Crippen LogP contribution is -1.79. The van der Waals surface area contributed by atoms with Gasteiger partial charge in [0.05, 0.1) is 20.4 Å². The zero-order valence-corrected chi connectivity index (χ0v) is 11.8. The van der Waals surface area contributed by atoms with Gasteiger partial charge in [0.2, 0.25) is 0 Å². The summed E-state index contributed by atoms with van der Waals surface area (Å²) in [5, 5.41) is 1.43. The van der Waals surface area contributed by atoms with Crippen molar-refractivity contribution >= 4 is 48.2 Å². The van der Waals surface area contributed by atoms with E-state index in [1.54, 1.807) is 6.07 Å². The quantitative estimate of drug-likeness (QED) is 0.570. The number of halogens is 1. The molecule has 3 nitrogen and oxygen atoms in total. The first-order valence-electron chi connectivity index (χ1n) is 5.91. The lowest BCUT2D eigenvalue weighted by molar-refractivity contribution is 0.630. The molecule has 4 rings (SSSR count). The van der Waals surface area contributed by atoms with Gasteiger partial charge in [-0.15, -0.1) is 11.3 Å². The normalized spacial score (nSPS) is 11.4. The molecule has 2 aromatic heterocycles. The van der Waals surface area contributed by atoms with Crippen LogP contribution >= 0.6 is 22.7 Å². The number of hydrogen-bond acceptors (Lipinski definition) is 5. The van der Waals surface area contributed by atoms with Crippen LogP contribution in [0.3, 0.4) is 0 Å². The van der Waals surface area contributed by atoms with E-state index in [1.807, 2.05) is 18.2 Å². The van der Waals surface area contributed by atoms with Crippen molar-refractivity contribution < 1.29 is 4.39 Å². The summed E-state index contributed by atoms with van der Waals surface area (Å²) in [6.45, 7) is 0. The first-order chi connectivity index (χ1) is 9.69. The zero-order chi connectivity index (χ0) is 13.7. The Hall–Kier alpha value is -2.05. The molecule has 2 aromatic carbocycles. The highest BCUT2D eigenvalue weighted by atomic mass is 32.1. The molecule has 6 heteroatoms. The summed E-state index contributed by atoms with van der Waals surface area (Å²) in [6.07, 6.45) is 0. The molecule has 0 aliphatic heterocycles. The first kappa shape index (κ1) is 11.7. The molecule has 0 aliphatic rings. The number of aromatic nitrogens is 2. The Morgan fingerprint density at radius 3 is 2.55 bits per heavy atom. The first-order valence-corrected chi connectivity index (χ1v) is 7.55. The second kappa shape index (κ2) is 4.22. The second-order valence-electron chi connectivity index (χ2n) is 4.37. The number of hydrogen-bond donors (Lipinski definition) is 1. The highest BCUT2D eigenvalue weighted by Gasteiger charge is 2.09. The summed E-state index contributed by atoms with van der Waals surface area (Å²) in [6, 6.07) is 10.6. The van der Waals surface area contributed by atoms with E-state index in [0.29, 0.717) is 5.13 Å². The number of rotatable bonds is 1. The zero-order valence-electron chi connectivity index (χ0n) is 10.1. The smallest absolute Gasteiger partial charge is 0.181 e. The fourth-order valence-corrected chi connectivity index (χ4v) is 3.86. The van der Waals surface area contributed by atoms with E-state index < -0.39 is 0 Å². The highest BCUT2D eigenvalue weighted by molar-refractivity contribution is 7.22. The van der Waals surface area contributed by atoms with E-state index in [2.05, 4.69) is 9.97 Å². The summed E-state index contributed by atoms with van der Waals surface area (Å²) in [5.74, 6) is -0.238. The minimum Gasteiger partial charge on any atom is -0.375 e. The van der Waals surface area contributed by atoms with Gasteiger partial charge in [0, 0.05) is 5.56 Å². The SMILES string of the molecule is Nc1nc2ccc(-c3nc4ccc(F)cc4s3)cc2s1. The van der Waals surface area contributed by atoms with Gasteiger partial charge in [-0.3, -0.25) is 0 Å². The second-order valence-corrected chi connectivity index (χ2v) is 6.46. The third kappa shape index (κ3) is 1.85. The molecule has 98 valence electrons. The topological polar surface area (TPSA) is 51.8 Å². The molecule has 0 radical (unpaired) electrons. The maximum absolute atomic E-state index is 13.2. The third-order valence-electron chi connectivity index (χ3n) is 3.00. The summed E-state index contributed by atoms with van der Waals surface area (Å²) >= 11 is 2.94. The highest BCUT2D eigenvalue weighted by Crippen LogP contribution is 2.33. The Kier molecular flexibility index (Phi) is 2.48. The summed E-state index contributed by atoms with van der Waals surface area (Å²) in [7, 11) is 0. The maximum atomic E-state index is 13.2. The molecule has 2 heterocycles. The fourth-order valence-electron chi connectivity index (χ4n) is 2.10. The van der Waals surface area contributed by atoms with Crippen molar-refractivity contribution in [3.8, 4) is 10.6 Å². The van der Waals surface area contributed by atoms with Gasteiger partial charge in [-0.1, -0.05) is 11.3 Å². The molecule has 0 saturated heterocycles. The van der Waals surface area contributed by atoms with Crippen LogP contribution in [0.1, 0.15) is 0 Å². The Labute approximate surface area is 121 Å². The molecule has 2 N–H and O–H groups in total. The number of fused-ring (bicyclic) bond motifs is 2. The molecular weight excluding hydrogens is 293 g/mol. The summed E-state index contributed by atoms with van der Waals surface area (Å²) < 4.78 is 15.1. The lowest BCUT2D eigenvalue weighted by atomic mass is 10.2. The molecule has 20 heavy (non-hydrogen) atoms. The molecule has 0 atom stereocenters. The molecule has 4 aromatic rings. The molecule has 0 amide bonds. The van der Waals surface area contributed by atoms with Crippen molar-refractivity contribution in [1.82, 2.24) is 9.97 Å². The van der Waals surface area contributed by atoms with Crippen LogP contribution in [0.5, 0.6) is 0 Å². The number of nitrogens with two attached hydrogens (primary N) is 1. The van der Waals surface area contributed by atoms with Crippen LogP contribution in [0.15, 0.2) is 36.4 Å². The summed E-state index contributed by atoms with van der Waals surface area (Å²) in [5.41, 5.74) is 8.42.